The fourth-order valence-corrected chi connectivity index (χ4v) is 11.2. The summed E-state index contributed by atoms with van der Waals surface area (Å²) in [5.74, 6) is 0.0287. The van der Waals surface area contributed by atoms with Gasteiger partial charge in [0.1, 0.15) is 6.10 Å². The summed E-state index contributed by atoms with van der Waals surface area (Å²) in [6, 6.07) is 5.74. The highest BCUT2D eigenvalue weighted by atomic mass is 16.5. The van der Waals surface area contributed by atoms with Crippen LogP contribution in [0.15, 0.2) is 34.9 Å². The average molecular weight is 653 g/mol. The number of carbonyl (C=O) groups is 2. The van der Waals surface area contributed by atoms with Gasteiger partial charge in [0.2, 0.25) is 0 Å². The molecule has 8 nitrogen and oxygen atoms in total. The summed E-state index contributed by atoms with van der Waals surface area (Å²) in [5.41, 5.74) is 3.15. The number of aliphatic hydroxyl groups excluding tert-OH is 2. The maximum absolute atomic E-state index is 13.2. The van der Waals surface area contributed by atoms with Crippen LogP contribution in [-0.2, 0) is 14.3 Å². The van der Waals surface area contributed by atoms with Gasteiger partial charge in [-0.15, -0.1) is 0 Å². The number of esters is 1. The molecule has 4 saturated carbocycles. The Kier molecular flexibility index (Phi) is 9.72. The van der Waals surface area contributed by atoms with Crippen LogP contribution in [0, 0.1) is 39.9 Å². The molecule has 0 heterocycles. The Morgan fingerprint density at radius 3 is 2.19 bits per heavy atom. The molecule has 1 aromatic rings. The van der Waals surface area contributed by atoms with Gasteiger partial charge in [-0.2, -0.15) is 0 Å². The fourth-order valence-electron chi connectivity index (χ4n) is 11.2. The normalized spacial score (nSPS) is 38.7. The molecule has 1 unspecified atom stereocenters. The van der Waals surface area contributed by atoms with Gasteiger partial charge < -0.3 is 29.5 Å². The Morgan fingerprint density at radius 2 is 1.60 bits per heavy atom. The first-order valence-corrected chi connectivity index (χ1v) is 17.4. The van der Waals surface area contributed by atoms with E-state index in [1.165, 1.54) is 6.92 Å². The van der Waals surface area contributed by atoms with Gasteiger partial charge in [-0.05, 0) is 134 Å². The summed E-state index contributed by atoms with van der Waals surface area (Å²) in [5, 5.41) is 33.7. The van der Waals surface area contributed by atoms with Gasteiger partial charge in [0.25, 0.3) is 0 Å². The van der Waals surface area contributed by atoms with Gasteiger partial charge >= 0.3 is 11.9 Å². The number of carboxylic acids is 1. The van der Waals surface area contributed by atoms with Crippen molar-refractivity contribution >= 4 is 17.5 Å². The summed E-state index contributed by atoms with van der Waals surface area (Å²) in [7, 11) is 3.19. The summed E-state index contributed by atoms with van der Waals surface area (Å²) in [6.07, 6.45) is 3.51. The number of carboxylic acid groups (broad SMARTS) is 1. The van der Waals surface area contributed by atoms with Crippen LogP contribution >= 0.6 is 0 Å². The van der Waals surface area contributed by atoms with Crippen molar-refractivity contribution in [1.29, 1.82) is 0 Å². The highest BCUT2D eigenvalue weighted by Crippen LogP contribution is 2.74. The predicted octanol–water partition coefficient (Wildman–Crippen LogP) is 7.21. The predicted molar refractivity (Wildman–Crippen MR) is 181 cm³/mol. The zero-order valence-electron chi connectivity index (χ0n) is 29.8. The molecule has 5 rings (SSSR count). The molecule has 10 atom stereocenters. The first-order valence-electron chi connectivity index (χ1n) is 17.4. The second-order valence-electron chi connectivity index (χ2n) is 15.9. The van der Waals surface area contributed by atoms with Crippen molar-refractivity contribution in [2.75, 3.05) is 14.2 Å². The number of benzene rings is 1. The lowest BCUT2D eigenvalue weighted by molar-refractivity contribution is -0.234. The zero-order chi connectivity index (χ0) is 34.6. The minimum absolute atomic E-state index is 0.00196. The van der Waals surface area contributed by atoms with Crippen molar-refractivity contribution in [3.8, 4) is 11.5 Å². The molecule has 260 valence electrons. The molecule has 0 aromatic heterocycles. The Morgan fingerprint density at radius 1 is 0.915 bits per heavy atom. The third-order valence-corrected chi connectivity index (χ3v) is 13.6. The number of methoxy groups -OCH3 is 2. The van der Waals surface area contributed by atoms with E-state index in [1.54, 1.807) is 14.2 Å². The monoisotopic (exact) mass is 652 g/mol. The third-order valence-electron chi connectivity index (χ3n) is 13.6. The molecule has 0 saturated heterocycles. The molecule has 0 radical (unpaired) electrons. The first-order chi connectivity index (χ1) is 22.0. The van der Waals surface area contributed by atoms with Crippen LogP contribution < -0.4 is 9.47 Å². The van der Waals surface area contributed by atoms with E-state index in [9.17, 15) is 24.9 Å². The van der Waals surface area contributed by atoms with Crippen LogP contribution in [0.3, 0.4) is 0 Å². The van der Waals surface area contributed by atoms with Crippen molar-refractivity contribution < 1.29 is 39.1 Å². The van der Waals surface area contributed by atoms with Crippen molar-refractivity contribution in [1.82, 2.24) is 0 Å². The molecule has 47 heavy (non-hydrogen) atoms. The van der Waals surface area contributed by atoms with Gasteiger partial charge in [0.15, 0.2) is 11.5 Å². The first kappa shape index (κ1) is 35.5. The maximum atomic E-state index is 13.2. The minimum Gasteiger partial charge on any atom is -0.493 e. The molecule has 0 amide bonds. The molecule has 4 aliphatic rings. The zero-order valence-corrected chi connectivity index (χ0v) is 29.8. The molecule has 0 aliphatic heterocycles. The van der Waals surface area contributed by atoms with Gasteiger partial charge in [0.05, 0.1) is 26.4 Å². The Bertz CT molecular complexity index is 1460. The van der Waals surface area contributed by atoms with E-state index in [1.807, 2.05) is 32.0 Å². The smallest absolute Gasteiger partial charge is 0.331 e. The largest absolute Gasteiger partial charge is 0.493 e. The fraction of sp³-hybridized carbons (Fsp3) is 0.692. The highest BCUT2D eigenvalue weighted by molar-refractivity contribution is 5.89. The van der Waals surface area contributed by atoms with Crippen molar-refractivity contribution in [3.05, 3.63) is 40.5 Å². The average Bonchev–Trinajstić information content (AvgIpc) is 3.27. The number of carbonyl (C=O) groups excluding carboxylic acids is 1. The summed E-state index contributed by atoms with van der Waals surface area (Å²) in [6.45, 7) is 14.5. The quantitative estimate of drug-likeness (QED) is 0.199. The van der Waals surface area contributed by atoms with Gasteiger partial charge in [-0.25, -0.2) is 4.79 Å². The third kappa shape index (κ3) is 5.71. The number of aliphatic hydroxyl groups is 2. The second-order valence-corrected chi connectivity index (χ2v) is 15.9. The molecule has 4 aliphatic carbocycles. The SMILES string of the molecule is COc1ccc(C(CCC(C(=O)O)=C2[C@@H](OC(C)=O)C[C@@]3(C)[C@@H]2C[C@@H](O)[C@@H]2[C@@]4(C)CC[C@@H](O)[C@@H](C)C4CC[C@@]23C)=C(C)C)cc1OC. The molecule has 0 spiro atoms. The summed E-state index contributed by atoms with van der Waals surface area (Å²) in [4.78, 5) is 25.8. The van der Waals surface area contributed by atoms with E-state index < -0.39 is 24.1 Å². The van der Waals surface area contributed by atoms with E-state index in [2.05, 4.69) is 27.7 Å². The molecular formula is C39H56O8. The number of hydrogen-bond acceptors (Lipinski definition) is 7. The maximum Gasteiger partial charge on any atom is 0.331 e. The molecule has 4 fully saturated rings. The van der Waals surface area contributed by atoms with E-state index >= 15 is 0 Å². The van der Waals surface area contributed by atoms with Crippen LogP contribution in [0.2, 0.25) is 0 Å². The van der Waals surface area contributed by atoms with Crippen molar-refractivity contribution in [2.24, 2.45) is 39.9 Å². The molecule has 8 heteroatoms. The van der Waals surface area contributed by atoms with Gasteiger partial charge in [0, 0.05) is 12.5 Å². The number of allylic oxidation sites excluding steroid dienone is 2. The van der Waals surface area contributed by atoms with E-state index in [0.29, 0.717) is 42.3 Å². The van der Waals surface area contributed by atoms with Crippen LogP contribution in [0.5, 0.6) is 11.5 Å². The van der Waals surface area contributed by atoms with Crippen LogP contribution in [0.25, 0.3) is 5.57 Å². The Hall–Kier alpha value is -2.84. The van der Waals surface area contributed by atoms with E-state index in [0.717, 1.165) is 42.4 Å². The molecule has 3 N–H and O–H groups in total. The molecule has 1 aromatic carbocycles. The summed E-state index contributed by atoms with van der Waals surface area (Å²) < 4.78 is 17.0. The summed E-state index contributed by atoms with van der Waals surface area (Å²) >= 11 is 0. The lowest BCUT2D eigenvalue weighted by Gasteiger charge is -2.69. The lowest BCUT2D eigenvalue weighted by atomic mass is 9.36. The standard InChI is InChI=1S/C39H56O8/c1-21(2)25(24-10-13-31(45-8)32(18-24)46-9)11-12-26(36(43)44)34-28-19-30(42)35-37(5)16-15-29(41)22(3)27(37)14-17-38(35,6)39(28,7)20-33(34)47-23(4)40/h10,13,18,22,27-30,33,35,41-42H,11-12,14-17,19-20H2,1-9H3,(H,43,44)/t22-,27?,28+,29+,30+,33-,35+,37-,38-,39-/m0/s1. The van der Waals surface area contributed by atoms with E-state index in [4.69, 9.17) is 14.2 Å². The number of aliphatic carboxylic acids is 1. The minimum atomic E-state index is -1.01. The van der Waals surface area contributed by atoms with Gasteiger partial charge in [-0.3, -0.25) is 4.79 Å². The second kappa shape index (κ2) is 12.9. The van der Waals surface area contributed by atoms with Gasteiger partial charge in [-0.1, -0.05) is 39.3 Å². The highest BCUT2D eigenvalue weighted by Gasteiger charge is 2.70. The van der Waals surface area contributed by atoms with E-state index in [-0.39, 0.29) is 52.1 Å². The Balaban J connectivity index is 1.57. The van der Waals surface area contributed by atoms with Crippen LogP contribution in [-0.4, -0.2) is 59.8 Å². The van der Waals surface area contributed by atoms with Crippen molar-refractivity contribution in [2.45, 2.75) is 118 Å². The molecule has 0 bridgehead atoms. The lowest BCUT2D eigenvalue weighted by Crippen LogP contribution is -2.65. The number of hydrogen-bond donors (Lipinski definition) is 3. The number of rotatable bonds is 8. The number of fused-ring (bicyclic) bond motifs is 5. The number of ether oxygens (including phenoxy) is 3. The molecular weight excluding hydrogens is 596 g/mol. The van der Waals surface area contributed by atoms with Crippen LogP contribution in [0.4, 0.5) is 0 Å². The Labute approximate surface area is 280 Å². The van der Waals surface area contributed by atoms with Crippen molar-refractivity contribution in [3.63, 3.8) is 0 Å². The topological polar surface area (TPSA) is 123 Å². The van der Waals surface area contributed by atoms with Crippen LogP contribution in [0.1, 0.15) is 105 Å².